The highest BCUT2D eigenvalue weighted by molar-refractivity contribution is 5.82. The van der Waals surface area contributed by atoms with Gasteiger partial charge in [-0.2, -0.15) is 23.4 Å². The summed E-state index contributed by atoms with van der Waals surface area (Å²) < 4.78 is 44.9. The highest BCUT2D eigenvalue weighted by atomic mass is 19.4. The van der Waals surface area contributed by atoms with Gasteiger partial charge >= 0.3 is 6.18 Å². The van der Waals surface area contributed by atoms with E-state index in [0.717, 1.165) is 16.9 Å². The van der Waals surface area contributed by atoms with Crippen LogP contribution in [-0.2, 0) is 19.1 Å². The molecule has 10 nitrogen and oxygen atoms in total. The number of benzene rings is 1. The van der Waals surface area contributed by atoms with Crippen LogP contribution in [0, 0.1) is 6.92 Å². The van der Waals surface area contributed by atoms with Crippen molar-refractivity contribution in [2.45, 2.75) is 39.1 Å². The molecule has 0 fully saturated rings. The van der Waals surface area contributed by atoms with Crippen LogP contribution < -0.4 is 5.32 Å². The van der Waals surface area contributed by atoms with Crippen molar-refractivity contribution < 1.29 is 18.3 Å². The summed E-state index contributed by atoms with van der Waals surface area (Å²) in [7, 11) is 1.78. The number of hydrogen-bond acceptors (Lipinski definition) is 8. The van der Waals surface area contributed by atoms with Crippen molar-refractivity contribution in [1.29, 1.82) is 0 Å². The van der Waals surface area contributed by atoms with Crippen LogP contribution in [0.3, 0.4) is 0 Å². The van der Waals surface area contributed by atoms with Gasteiger partial charge < -0.3 is 15.3 Å². The van der Waals surface area contributed by atoms with Crippen molar-refractivity contribution in [3.63, 3.8) is 0 Å². The number of aromatic nitrogens is 7. The Morgan fingerprint density at radius 1 is 1.07 bits per heavy atom. The molecule has 5 heterocycles. The molecule has 0 saturated carbocycles. The largest absolute Gasteiger partial charge is 0.435 e. The average Bonchev–Trinajstić information content (AvgIpc) is 3.51. The Bertz CT molecular complexity index is 1710. The Labute approximate surface area is 227 Å². The van der Waals surface area contributed by atoms with Gasteiger partial charge in [-0.05, 0) is 63.4 Å². The summed E-state index contributed by atoms with van der Waals surface area (Å²) in [4.78, 5) is 11.1. The molecule has 1 aromatic carbocycles. The topological polar surface area (TPSA) is 110 Å². The Morgan fingerprint density at radius 2 is 1.90 bits per heavy atom. The zero-order valence-electron chi connectivity index (χ0n) is 22.0. The van der Waals surface area contributed by atoms with E-state index in [0.29, 0.717) is 41.4 Å². The van der Waals surface area contributed by atoms with E-state index in [-0.39, 0.29) is 17.9 Å². The minimum Gasteiger partial charge on any atom is -0.389 e. The first-order valence-electron chi connectivity index (χ1n) is 12.7. The maximum Gasteiger partial charge on any atom is 0.435 e. The summed E-state index contributed by atoms with van der Waals surface area (Å²) in [6, 6.07) is 12.6. The zero-order chi connectivity index (χ0) is 28.2. The number of imidazole rings is 1. The molecule has 0 bridgehead atoms. The number of alkyl halides is 3. The molecule has 0 amide bonds. The fourth-order valence-electron chi connectivity index (χ4n) is 4.92. The van der Waals surface area contributed by atoms with Gasteiger partial charge in [0.05, 0.1) is 28.5 Å². The van der Waals surface area contributed by atoms with Crippen molar-refractivity contribution in [3.05, 3.63) is 77.0 Å². The lowest BCUT2D eigenvalue weighted by Crippen LogP contribution is -2.28. The van der Waals surface area contributed by atoms with E-state index in [9.17, 15) is 18.3 Å². The van der Waals surface area contributed by atoms with Crippen molar-refractivity contribution in [2.24, 2.45) is 0 Å². The fraction of sp³-hybridized carbons (Fsp3) is 0.296. The molecular formula is C27H26F3N9O. The summed E-state index contributed by atoms with van der Waals surface area (Å²) in [5, 5.41) is 25.9. The van der Waals surface area contributed by atoms with Crippen molar-refractivity contribution in [2.75, 3.05) is 18.9 Å². The number of pyridine rings is 1. The number of likely N-dealkylation sites (N-methyl/N-ethyl adjacent to an activating group) is 1. The monoisotopic (exact) mass is 549 g/mol. The van der Waals surface area contributed by atoms with Crippen LogP contribution in [-0.4, -0.2) is 58.1 Å². The van der Waals surface area contributed by atoms with Gasteiger partial charge in [0, 0.05) is 36.3 Å². The van der Waals surface area contributed by atoms with Crippen molar-refractivity contribution >= 4 is 22.5 Å². The molecule has 13 heteroatoms. The van der Waals surface area contributed by atoms with E-state index < -0.39 is 18.0 Å². The van der Waals surface area contributed by atoms with Crippen LogP contribution >= 0.6 is 0 Å². The third kappa shape index (κ3) is 4.67. The summed E-state index contributed by atoms with van der Waals surface area (Å²) in [5.41, 5.74) is 3.02. The van der Waals surface area contributed by atoms with E-state index in [1.165, 1.54) is 4.68 Å². The third-order valence-electron chi connectivity index (χ3n) is 6.92. The van der Waals surface area contributed by atoms with Gasteiger partial charge in [0.25, 0.3) is 0 Å². The van der Waals surface area contributed by atoms with Crippen LogP contribution in [0.4, 0.5) is 24.7 Å². The summed E-state index contributed by atoms with van der Waals surface area (Å²) in [6.07, 6.45) is -3.62. The van der Waals surface area contributed by atoms with E-state index in [1.54, 1.807) is 37.0 Å². The molecule has 1 aliphatic rings. The van der Waals surface area contributed by atoms with Crippen molar-refractivity contribution in [1.82, 2.24) is 39.4 Å². The van der Waals surface area contributed by atoms with Crippen molar-refractivity contribution in [3.8, 4) is 11.6 Å². The Balaban J connectivity index is 1.43. The lowest BCUT2D eigenvalue weighted by Gasteiger charge is -2.24. The minimum atomic E-state index is -4.62. The van der Waals surface area contributed by atoms with Gasteiger partial charge in [0.15, 0.2) is 17.3 Å². The molecule has 1 atom stereocenters. The molecule has 0 saturated heterocycles. The number of hydrogen-bond donors (Lipinski definition) is 2. The second-order valence-electron chi connectivity index (χ2n) is 9.93. The van der Waals surface area contributed by atoms with Gasteiger partial charge in [-0.25, -0.2) is 14.6 Å². The highest BCUT2D eigenvalue weighted by Gasteiger charge is 2.41. The normalized spacial score (nSPS) is 14.9. The highest BCUT2D eigenvalue weighted by Crippen LogP contribution is 2.37. The lowest BCUT2D eigenvalue weighted by molar-refractivity contribution is -0.142. The number of nitrogens with one attached hydrogen (secondary N) is 1. The molecule has 4 aromatic heterocycles. The van der Waals surface area contributed by atoms with Crippen LogP contribution in [0.25, 0.3) is 22.7 Å². The van der Waals surface area contributed by atoms with Gasteiger partial charge in [-0.1, -0.05) is 0 Å². The first-order valence-corrected chi connectivity index (χ1v) is 12.7. The third-order valence-corrected chi connectivity index (χ3v) is 6.92. The number of halogens is 3. The van der Waals surface area contributed by atoms with Crippen LogP contribution in [0.1, 0.15) is 41.2 Å². The molecule has 40 heavy (non-hydrogen) atoms. The zero-order valence-corrected chi connectivity index (χ0v) is 22.0. The maximum atomic E-state index is 14.0. The predicted molar refractivity (Wildman–Crippen MR) is 142 cm³/mol. The summed E-state index contributed by atoms with van der Waals surface area (Å²) in [6.45, 7) is 4.12. The molecule has 1 unspecified atom stereocenters. The van der Waals surface area contributed by atoms with Crippen LogP contribution in [0.2, 0.25) is 0 Å². The van der Waals surface area contributed by atoms with Gasteiger partial charge in [-0.3, -0.25) is 4.57 Å². The summed E-state index contributed by atoms with van der Waals surface area (Å²) in [5.74, 6) is 1.18. The quantitative estimate of drug-likeness (QED) is 0.330. The molecule has 0 radical (unpaired) electrons. The van der Waals surface area contributed by atoms with E-state index in [2.05, 4.69) is 25.6 Å². The van der Waals surface area contributed by atoms with Crippen LogP contribution in [0.5, 0.6) is 0 Å². The fourth-order valence-corrected chi connectivity index (χ4v) is 4.92. The molecular weight excluding hydrogens is 523 g/mol. The predicted octanol–water partition coefficient (Wildman–Crippen LogP) is 4.51. The molecule has 0 aliphatic carbocycles. The van der Waals surface area contributed by atoms with E-state index in [4.69, 9.17) is 4.98 Å². The van der Waals surface area contributed by atoms with Gasteiger partial charge in [0.2, 0.25) is 0 Å². The van der Waals surface area contributed by atoms with E-state index >= 15 is 0 Å². The molecule has 6 rings (SSSR count). The SMILES string of the molecule is Cc1ccc(Nc2ccc3c(c2)ncn3-c2ccc(C(C)O)c(-n3nc(C(F)(F)F)c4c3CCN(C)C4)n2)nn1. The molecule has 0 spiro atoms. The van der Waals surface area contributed by atoms with Gasteiger partial charge in [0.1, 0.15) is 12.1 Å². The molecule has 5 aromatic rings. The number of rotatable bonds is 5. The summed E-state index contributed by atoms with van der Waals surface area (Å²) >= 11 is 0. The first-order chi connectivity index (χ1) is 19.1. The second kappa shape index (κ2) is 9.68. The number of aliphatic hydroxyl groups is 1. The Morgan fingerprint density at radius 3 is 2.62 bits per heavy atom. The van der Waals surface area contributed by atoms with Gasteiger partial charge in [-0.15, -0.1) is 5.10 Å². The first kappa shape index (κ1) is 25.9. The number of aliphatic hydroxyl groups excluding tert-OH is 1. The minimum absolute atomic E-state index is 0.130. The number of aryl methyl sites for hydroxylation is 1. The second-order valence-corrected chi connectivity index (χ2v) is 9.93. The Hall–Kier alpha value is -4.36. The van der Waals surface area contributed by atoms with E-state index in [1.807, 2.05) is 42.2 Å². The Kier molecular flexibility index (Phi) is 6.27. The smallest absolute Gasteiger partial charge is 0.389 e. The average molecular weight is 550 g/mol. The standard InChI is InChI=1S/C27H26F3N9O/c1-15-4-8-23(35-34-15)32-17-5-7-22-20(12-17)31-14-38(22)24-9-6-18(16(2)40)26(33-24)39-21-10-11-37(3)13-19(21)25(36-39)27(28,29)30/h4-9,12,14,16,40H,10-11,13H2,1-3H3,(H,32,35). The number of anilines is 2. The molecule has 1 aliphatic heterocycles. The number of fused-ring (bicyclic) bond motifs is 2. The number of nitrogens with zero attached hydrogens (tertiary/aromatic N) is 8. The lowest BCUT2D eigenvalue weighted by atomic mass is 10.0. The maximum absolute atomic E-state index is 14.0. The molecule has 206 valence electrons. The van der Waals surface area contributed by atoms with Crippen LogP contribution in [0.15, 0.2) is 48.8 Å². The molecule has 2 N–H and O–H groups in total.